The molecule has 0 aliphatic heterocycles. The first kappa shape index (κ1) is 18.2. The van der Waals surface area contributed by atoms with Gasteiger partial charge in [-0.1, -0.05) is 17.4 Å². The minimum atomic E-state index is -3.62. The van der Waals surface area contributed by atoms with Crippen LogP contribution in [0.2, 0.25) is 0 Å². The highest BCUT2D eigenvalue weighted by Crippen LogP contribution is 2.31. The van der Waals surface area contributed by atoms with Crippen LogP contribution >= 0.6 is 11.3 Å². The number of hydrogen-bond donors (Lipinski definition) is 2. The molecular weight excluding hydrogens is 374 g/mol. The lowest BCUT2D eigenvalue weighted by Gasteiger charge is -2.05. The first-order chi connectivity index (χ1) is 12.3. The highest BCUT2D eigenvalue weighted by atomic mass is 32.2. The molecule has 2 N–H and O–H groups in total. The average molecular weight is 391 g/mol. The SMILES string of the molecule is CNS(=O)(=O)c1cccc(C(=O)Nc2nc(C)c(-c3nccn3C)s2)c1. The average Bonchev–Trinajstić information content (AvgIpc) is 3.20. The number of imidazole rings is 1. The molecule has 0 bridgehead atoms. The predicted octanol–water partition coefficient (Wildman–Crippen LogP) is 2.01. The van der Waals surface area contributed by atoms with Gasteiger partial charge in [-0.05, 0) is 32.2 Å². The van der Waals surface area contributed by atoms with Crippen LogP contribution in [0, 0.1) is 6.92 Å². The Balaban J connectivity index is 1.86. The van der Waals surface area contributed by atoms with E-state index < -0.39 is 15.9 Å². The summed E-state index contributed by atoms with van der Waals surface area (Å²) in [5.41, 5.74) is 0.985. The van der Waals surface area contributed by atoms with Crippen molar-refractivity contribution >= 4 is 32.4 Å². The van der Waals surface area contributed by atoms with Crippen molar-refractivity contribution in [3.63, 3.8) is 0 Å². The summed E-state index contributed by atoms with van der Waals surface area (Å²) in [5, 5.41) is 3.14. The van der Waals surface area contributed by atoms with E-state index in [4.69, 9.17) is 0 Å². The molecule has 2 heterocycles. The number of thiazole rings is 1. The summed E-state index contributed by atoms with van der Waals surface area (Å²) in [6, 6.07) is 5.81. The van der Waals surface area contributed by atoms with E-state index in [1.54, 1.807) is 12.3 Å². The third kappa shape index (κ3) is 3.52. The van der Waals surface area contributed by atoms with E-state index in [2.05, 4.69) is 20.0 Å². The first-order valence-corrected chi connectivity index (χ1v) is 9.92. The standard InChI is InChI=1S/C16H17N5O3S2/c1-10-13(14-18-7-8-21(14)3)25-16(19-10)20-15(22)11-5-4-6-12(9-11)26(23,24)17-2/h4-9,17H,1-3H3,(H,19,20,22). The van der Waals surface area contributed by atoms with E-state index in [1.807, 2.05) is 24.7 Å². The number of carbonyl (C=O) groups is 1. The van der Waals surface area contributed by atoms with E-state index in [0.717, 1.165) is 16.4 Å². The summed E-state index contributed by atoms with van der Waals surface area (Å²) < 4.78 is 27.9. The number of carbonyl (C=O) groups excluding carboxylic acids is 1. The number of aromatic nitrogens is 3. The fraction of sp³-hybridized carbons (Fsp3) is 0.188. The van der Waals surface area contributed by atoms with Gasteiger partial charge in [0.05, 0.1) is 15.5 Å². The highest BCUT2D eigenvalue weighted by molar-refractivity contribution is 7.89. The zero-order valence-corrected chi connectivity index (χ0v) is 16.0. The minimum absolute atomic E-state index is 0.0247. The molecule has 0 unspecified atom stereocenters. The largest absolute Gasteiger partial charge is 0.333 e. The number of aryl methyl sites for hydroxylation is 2. The van der Waals surface area contributed by atoms with E-state index in [0.29, 0.717) is 5.13 Å². The van der Waals surface area contributed by atoms with Gasteiger partial charge in [-0.25, -0.2) is 23.1 Å². The molecule has 26 heavy (non-hydrogen) atoms. The zero-order chi connectivity index (χ0) is 18.9. The maximum absolute atomic E-state index is 12.5. The van der Waals surface area contributed by atoms with Crippen LogP contribution in [0.25, 0.3) is 10.7 Å². The van der Waals surface area contributed by atoms with Crippen LogP contribution in [0.5, 0.6) is 0 Å². The lowest BCUT2D eigenvalue weighted by molar-refractivity contribution is 0.102. The molecule has 3 rings (SSSR count). The van der Waals surface area contributed by atoms with Crippen molar-refractivity contribution in [3.8, 4) is 10.7 Å². The monoisotopic (exact) mass is 391 g/mol. The highest BCUT2D eigenvalue weighted by Gasteiger charge is 2.17. The third-order valence-electron chi connectivity index (χ3n) is 3.72. The molecule has 3 aromatic rings. The second-order valence-corrected chi connectivity index (χ2v) is 8.37. The number of hydrogen-bond acceptors (Lipinski definition) is 6. The molecule has 0 atom stereocenters. The number of benzene rings is 1. The normalized spacial score (nSPS) is 11.5. The molecule has 0 aliphatic carbocycles. The summed E-state index contributed by atoms with van der Waals surface area (Å²) in [6.45, 7) is 1.84. The van der Waals surface area contributed by atoms with Crippen LogP contribution in [-0.2, 0) is 17.1 Å². The molecule has 1 amide bonds. The summed E-state index contributed by atoms with van der Waals surface area (Å²) in [6.07, 6.45) is 3.53. The Bertz CT molecular complexity index is 1070. The molecule has 0 spiro atoms. The van der Waals surface area contributed by atoms with E-state index in [1.165, 1.54) is 36.6 Å². The third-order valence-corrected chi connectivity index (χ3v) is 6.20. The summed E-state index contributed by atoms with van der Waals surface area (Å²) in [4.78, 5) is 22.0. The van der Waals surface area contributed by atoms with Gasteiger partial charge in [0, 0.05) is 25.0 Å². The van der Waals surface area contributed by atoms with Gasteiger partial charge in [-0.15, -0.1) is 0 Å². The Morgan fingerprint density at radius 1 is 1.31 bits per heavy atom. The molecule has 0 aliphatic rings. The maximum Gasteiger partial charge on any atom is 0.257 e. The molecule has 1 aromatic carbocycles. The second kappa shape index (κ2) is 6.98. The van der Waals surface area contributed by atoms with Crippen molar-refractivity contribution < 1.29 is 13.2 Å². The maximum atomic E-state index is 12.5. The van der Waals surface area contributed by atoms with Gasteiger partial charge >= 0.3 is 0 Å². The quantitative estimate of drug-likeness (QED) is 0.692. The molecular formula is C16H17N5O3S2. The predicted molar refractivity (Wildman–Crippen MR) is 99.7 cm³/mol. The number of nitrogens with zero attached hydrogens (tertiary/aromatic N) is 3. The Morgan fingerprint density at radius 3 is 2.73 bits per heavy atom. The second-order valence-electron chi connectivity index (χ2n) is 5.48. The van der Waals surface area contributed by atoms with Crippen LogP contribution in [-0.4, -0.2) is 35.9 Å². The summed E-state index contributed by atoms with van der Waals surface area (Å²) in [7, 11) is -0.417. The van der Waals surface area contributed by atoms with Crippen molar-refractivity contribution in [1.82, 2.24) is 19.3 Å². The van der Waals surface area contributed by atoms with Gasteiger partial charge in [0.1, 0.15) is 0 Å². The summed E-state index contributed by atoms with van der Waals surface area (Å²) >= 11 is 1.31. The number of nitrogens with one attached hydrogen (secondary N) is 2. The zero-order valence-electron chi connectivity index (χ0n) is 14.3. The van der Waals surface area contributed by atoms with Gasteiger partial charge < -0.3 is 4.57 Å². The summed E-state index contributed by atoms with van der Waals surface area (Å²) in [5.74, 6) is 0.334. The van der Waals surface area contributed by atoms with Gasteiger partial charge in [-0.3, -0.25) is 10.1 Å². The Morgan fingerprint density at radius 2 is 2.08 bits per heavy atom. The topological polar surface area (TPSA) is 106 Å². The minimum Gasteiger partial charge on any atom is -0.333 e. The number of sulfonamides is 1. The number of amides is 1. The smallest absolute Gasteiger partial charge is 0.257 e. The molecule has 10 heteroatoms. The number of anilines is 1. The molecule has 0 saturated carbocycles. The fourth-order valence-corrected chi connectivity index (χ4v) is 4.11. The Labute approximate surface area is 155 Å². The Kier molecular flexibility index (Phi) is 4.90. The van der Waals surface area contributed by atoms with E-state index in [9.17, 15) is 13.2 Å². The van der Waals surface area contributed by atoms with Crippen LogP contribution in [0.4, 0.5) is 5.13 Å². The fourth-order valence-electron chi connectivity index (χ4n) is 2.33. The van der Waals surface area contributed by atoms with Crippen LogP contribution in [0.1, 0.15) is 16.1 Å². The van der Waals surface area contributed by atoms with Gasteiger partial charge in [0.15, 0.2) is 11.0 Å². The molecule has 136 valence electrons. The van der Waals surface area contributed by atoms with Crippen LogP contribution in [0.3, 0.4) is 0 Å². The van der Waals surface area contributed by atoms with E-state index >= 15 is 0 Å². The van der Waals surface area contributed by atoms with Crippen molar-refractivity contribution in [1.29, 1.82) is 0 Å². The van der Waals surface area contributed by atoms with E-state index in [-0.39, 0.29) is 10.5 Å². The van der Waals surface area contributed by atoms with Gasteiger partial charge in [0.2, 0.25) is 10.0 Å². The molecule has 2 aromatic heterocycles. The molecule has 0 saturated heterocycles. The van der Waals surface area contributed by atoms with Crippen LogP contribution < -0.4 is 10.0 Å². The molecule has 0 fully saturated rings. The lowest BCUT2D eigenvalue weighted by atomic mass is 10.2. The van der Waals surface area contributed by atoms with Crippen molar-refractivity contribution in [2.45, 2.75) is 11.8 Å². The lowest BCUT2D eigenvalue weighted by Crippen LogP contribution is -2.19. The first-order valence-electron chi connectivity index (χ1n) is 7.62. The van der Waals surface area contributed by atoms with Crippen molar-refractivity contribution in [3.05, 3.63) is 47.9 Å². The van der Waals surface area contributed by atoms with Gasteiger partial charge in [0.25, 0.3) is 5.91 Å². The van der Waals surface area contributed by atoms with Gasteiger partial charge in [-0.2, -0.15) is 0 Å². The van der Waals surface area contributed by atoms with Crippen molar-refractivity contribution in [2.75, 3.05) is 12.4 Å². The Hall–Kier alpha value is -2.56. The van der Waals surface area contributed by atoms with Crippen LogP contribution in [0.15, 0.2) is 41.6 Å². The number of rotatable bonds is 5. The molecule has 0 radical (unpaired) electrons. The molecule has 8 nitrogen and oxygen atoms in total. The van der Waals surface area contributed by atoms with Crippen molar-refractivity contribution in [2.24, 2.45) is 7.05 Å².